The molecule has 1 N–H and O–H groups in total. The molecule has 4 nitrogen and oxygen atoms in total. The van der Waals surface area contributed by atoms with Crippen molar-refractivity contribution in [1.82, 2.24) is 9.97 Å². The lowest BCUT2D eigenvalue weighted by molar-refractivity contribution is 0.0696. The van der Waals surface area contributed by atoms with Crippen LogP contribution in [0.3, 0.4) is 0 Å². The van der Waals surface area contributed by atoms with Crippen LogP contribution in [0.1, 0.15) is 10.4 Å². The first-order valence-electron chi connectivity index (χ1n) is 4.64. The fraction of sp³-hybridized carbons (Fsp3) is 0. The Bertz CT molecular complexity index is 548. The van der Waals surface area contributed by atoms with Gasteiger partial charge in [0.05, 0.1) is 10.6 Å². The minimum absolute atomic E-state index is 0.0698. The van der Waals surface area contributed by atoms with Crippen LogP contribution >= 0.6 is 23.4 Å². The SMILES string of the molecule is O=C(O)c1cnc(Sc2ccccn2)c(Cl)c1. The van der Waals surface area contributed by atoms with Crippen LogP contribution < -0.4 is 0 Å². The first kappa shape index (κ1) is 11.9. The Hall–Kier alpha value is -1.59. The zero-order chi connectivity index (χ0) is 12.3. The summed E-state index contributed by atoms with van der Waals surface area (Å²) in [4.78, 5) is 18.8. The monoisotopic (exact) mass is 266 g/mol. The van der Waals surface area contributed by atoms with Crippen molar-refractivity contribution in [1.29, 1.82) is 0 Å². The molecule has 2 rings (SSSR count). The van der Waals surface area contributed by atoms with E-state index in [0.717, 1.165) is 5.03 Å². The first-order chi connectivity index (χ1) is 8.16. The molecule has 0 aliphatic rings. The predicted octanol–water partition coefficient (Wildman–Crippen LogP) is 2.98. The Morgan fingerprint density at radius 3 is 2.76 bits per heavy atom. The molecule has 2 aromatic heterocycles. The largest absolute Gasteiger partial charge is 0.478 e. The van der Waals surface area contributed by atoms with Crippen LogP contribution in [0.5, 0.6) is 0 Å². The second kappa shape index (κ2) is 5.16. The predicted molar refractivity (Wildman–Crippen MR) is 64.6 cm³/mol. The highest BCUT2D eigenvalue weighted by Crippen LogP contribution is 2.30. The Balaban J connectivity index is 2.26. The summed E-state index contributed by atoms with van der Waals surface area (Å²) in [6, 6.07) is 6.87. The first-order valence-corrected chi connectivity index (χ1v) is 5.84. The molecule has 2 heterocycles. The van der Waals surface area contributed by atoms with Crippen LogP contribution in [-0.2, 0) is 0 Å². The van der Waals surface area contributed by atoms with Crippen molar-refractivity contribution in [3.63, 3.8) is 0 Å². The third-order valence-electron chi connectivity index (χ3n) is 1.89. The summed E-state index contributed by atoms with van der Waals surface area (Å²) < 4.78 is 0. The van der Waals surface area contributed by atoms with Crippen LogP contribution in [0.2, 0.25) is 5.02 Å². The van der Waals surface area contributed by atoms with Gasteiger partial charge in [0.25, 0.3) is 0 Å². The summed E-state index contributed by atoms with van der Waals surface area (Å²) in [5.41, 5.74) is 0.0698. The minimum atomic E-state index is -1.05. The molecule has 0 bridgehead atoms. The molecule has 0 radical (unpaired) electrons. The standard InChI is InChI=1S/C11H7ClN2O2S/c12-8-5-7(11(15)16)6-14-10(8)17-9-3-1-2-4-13-9/h1-6H,(H,15,16). The lowest BCUT2D eigenvalue weighted by Crippen LogP contribution is -1.97. The van der Waals surface area contributed by atoms with Crippen molar-refractivity contribution in [2.24, 2.45) is 0 Å². The van der Waals surface area contributed by atoms with E-state index in [9.17, 15) is 4.79 Å². The van der Waals surface area contributed by atoms with Gasteiger partial charge in [-0.2, -0.15) is 0 Å². The number of aromatic carboxylic acids is 1. The van der Waals surface area contributed by atoms with Crippen LogP contribution in [0.25, 0.3) is 0 Å². The molecular weight excluding hydrogens is 260 g/mol. The Kier molecular flexibility index (Phi) is 3.61. The topological polar surface area (TPSA) is 63.1 Å². The number of pyridine rings is 2. The van der Waals surface area contributed by atoms with Gasteiger partial charge in [0, 0.05) is 12.4 Å². The van der Waals surface area contributed by atoms with Gasteiger partial charge in [-0.3, -0.25) is 0 Å². The number of halogens is 1. The second-order valence-corrected chi connectivity index (χ2v) is 4.50. The van der Waals surface area contributed by atoms with Crippen LogP contribution in [0, 0.1) is 0 Å². The average molecular weight is 267 g/mol. The van der Waals surface area contributed by atoms with Crippen LogP contribution in [-0.4, -0.2) is 21.0 Å². The van der Waals surface area contributed by atoms with Crippen LogP contribution in [0.4, 0.5) is 0 Å². The summed E-state index contributed by atoms with van der Waals surface area (Å²) in [7, 11) is 0. The number of carboxylic acids is 1. The number of hydrogen-bond acceptors (Lipinski definition) is 4. The molecule has 0 aromatic carbocycles. The number of carbonyl (C=O) groups is 1. The number of nitrogens with zero attached hydrogens (tertiary/aromatic N) is 2. The molecule has 2 aromatic rings. The molecule has 0 fully saturated rings. The Morgan fingerprint density at radius 2 is 2.18 bits per heavy atom. The van der Waals surface area contributed by atoms with E-state index in [2.05, 4.69) is 9.97 Å². The maximum absolute atomic E-state index is 10.7. The third-order valence-corrected chi connectivity index (χ3v) is 3.26. The van der Waals surface area contributed by atoms with Gasteiger partial charge in [0.1, 0.15) is 10.1 Å². The molecule has 0 atom stereocenters. The molecule has 0 aliphatic carbocycles. The zero-order valence-electron chi connectivity index (χ0n) is 8.50. The van der Waals surface area contributed by atoms with Crippen molar-refractivity contribution >= 4 is 29.3 Å². The summed E-state index contributed by atoms with van der Waals surface area (Å²) >= 11 is 7.24. The molecule has 0 spiro atoms. The quantitative estimate of drug-likeness (QED) is 0.925. The summed E-state index contributed by atoms with van der Waals surface area (Å²) in [6.45, 7) is 0. The highest BCUT2D eigenvalue weighted by molar-refractivity contribution is 7.99. The van der Waals surface area contributed by atoms with Crippen LogP contribution in [0.15, 0.2) is 46.7 Å². The number of carboxylic acid groups (broad SMARTS) is 1. The lowest BCUT2D eigenvalue weighted by atomic mass is 10.3. The highest BCUT2D eigenvalue weighted by Gasteiger charge is 2.09. The van der Waals surface area contributed by atoms with Gasteiger partial charge < -0.3 is 5.11 Å². The molecule has 0 saturated heterocycles. The van der Waals surface area contributed by atoms with Crippen molar-refractivity contribution in [2.45, 2.75) is 10.1 Å². The highest BCUT2D eigenvalue weighted by atomic mass is 35.5. The summed E-state index contributed by atoms with van der Waals surface area (Å²) in [6.07, 6.45) is 2.95. The Labute approximate surface area is 107 Å². The summed E-state index contributed by atoms with van der Waals surface area (Å²) in [5.74, 6) is -1.05. The number of rotatable bonds is 3. The van der Waals surface area contributed by atoms with E-state index >= 15 is 0 Å². The summed E-state index contributed by atoms with van der Waals surface area (Å²) in [5, 5.41) is 10.4. The molecule has 6 heteroatoms. The molecule has 0 amide bonds. The van der Waals surface area contributed by atoms with Crippen molar-refractivity contribution in [3.05, 3.63) is 47.2 Å². The van der Waals surface area contributed by atoms with E-state index < -0.39 is 5.97 Å². The third kappa shape index (κ3) is 2.95. The Morgan fingerprint density at radius 1 is 1.35 bits per heavy atom. The molecule has 0 aliphatic heterocycles. The van der Waals surface area contributed by atoms with E-state index in [1.807, 2.05) is 18.2 Å². The fourth-order valence-electron chi connectivity index (χ4n) is 1.12. The maximum atomic E-state index is 10.7. The van der Waals surface area contributed by atoms with Crippen molar-refractivity contribution in [3.8, 4) is 0 Å². The molecule has 0 saturated carbocycles. The number of aromatic nitrogens is 2. The van der Waals surface area contributed by atoms with E-state index in [4.69, 9.17) is 16.7 Å². The van der Waals surface area contributed by atoms with Crippen molar-refractivity contribution < 1.29 is 9.90 Å². The average Bonchev–Trinajstić information content (AvgIpc) is 2.33. The van der Waals surface area contributed by atoms with Gasteiger partial charge in [0.15, 0.2) is 0 Å². The number of hydrogen-bond donors (Lipinski definition) is 1. The molecule has 0 unspecified atom stereocenters. The maximum Gasteiger partial charge on any atom is 0.337 e. The van der Waals surface area contributed by atoms with E-state index in [-0.39, 0.29) is 5.56 Å². The van der Waals surface area contributed by atoms with E-state index in [1.54, 1.807) is 6.20 Å². The molecule has 86 valence electrons. The smallest absolute Gasteiger partial charge is 0.337 e. The van der Waals surface area contributed by atoms with Gasteiger partial charge in [-0.25, -0.2) is 14.8 Å². The minimum Gasteiger partial charge on any atom is -0.478 e. The van der Waals surface area contributed by atoms with E-state index in [0.29, 0.717) is 10.0 Å². The van der Waals surface area contributed by atoms with Gasteiger partial charge in [-0.1, -0.05) is 17.7 Å². The van der Waals surface area contributed by atoms with Crippen molar-refractivity contribution in [2.75, 3.05) is 0 Å². The lowest BCUT2D eigenvalue weighted by Gasteiger charge is -2.03. The van der Waals surface area contributed by atoms with Gasteiger partial charge in [-0.15, -0.1) is 0 Å². The normalized spacial score (nSPS) is 10.2. The van der Waals surface area contributed by atoms with E-state index in [1.165, 1.54) is 24.0 Å². The molecule has 17 heavy (non-hydrogen) atoms. The molecular formula is C11H7ClN2O2S. The second-order valence-electron chi connectivity index (χ2n) is 3.09. The van der Waals surface area contributed by atoms with Gasteiger partial charge in [-0.05, 0) is 30.0 Å². The zero-order valence-corrected chi connectivity index (χ0v) is 10.1. The van der Waals surface area contributed by atoms with Gasteiger partial charge in [0.2, 0.25) is 0 Å². The fourth-order valence-corrected chi connectivity index (χ4v) is 2.13. The van der Waals surface area contributed by atoms with Gasteiger partial charge >= 0.3 is 5.97 Å².